The summed E-state index contributed by atoms with van der Waals surface area (Å²) in [5.74, 6) is 0.669. The van der Waals surface area contributed by atoms with Crippen LogP contribution in [0.5, 0.6) is 0 Å². The van der Waals surface area contributed by atoms with Crippen LogP contribution < -0.4 is 5.32 Å². The van der Waals surface area contributed by atoms with Crippen molar-refractivity contribution in [3.8, 4) is 0 Å². The Balaban J connectivity index is 2.48. The lowest BCUT2D eigenvalue weighted by molar-refractivity contribution is 0.249. The first-order valence-corrected chi connectivity index (χ1v) is 3.39. The molecule has 0 spiro atoms. The summed E-state index contributed by atoms with van der Waals surface area (Å²) in [6.45, 7) is 3.32. The molecule has 2 N–H and O–H groups in total. The standard InChI is InChI=1S/C5H7N2OS/c1-4(8)7-5-2-9-3-6-5/h2-4,7-8H,1H2. The van der Waals surface area contributed by atoms with Crippen LogP contribution in [0.3, 0.4) is 0 Å². The Labute approximate surface area is 57.4 Å². The Morgan fingerprint density at radius 2 is 2.67 bits per heavy atom. The van der Waals surface area contributed by atoms with Crippen molar-refractivity contribution in [1.82, 2.24) is 4.98 Å². The van der Waals surface area contributed by atoms with E-state index in [1.807, 2.05) is 0 Å². The van der Waals surface area contributed by atoms with E-state index in [2.05, 4.69) is 17.2 Å². The largest absolute Gasteiger partial charge is 0.374 e. The first-order chi connectivity index (χ1) is 4.29. The number of anilines is 1. The van der Waals surface area contributed by atoms with E-state index in [1.54, 1.807) is 10.9 Å². The third kappa shape index (κ3) is 1.99. The predicted octanol–water partition coefficient (Wildman–Crippen LogP) is 0.707. The van der Waals surface area contributed by atoms with Crippen molar-refractivity contribution in [1.29, 1.82) is 0 Å². The van der Waals surface area contributed by atoms with Crippen LogP contribution in [-0.4, -0.2) is 16.3 Å². The molecule has 0 bridgehead atoms. The summed E-state index contributed by atoms with van der Waals surface area (Å²) < 4.78 is 0. The van der Waals surface area contributed by atoms with Crippen LogP contribution in [0.2, 0.25) is 0 Å². The van der Waals surface area contributed by atoms with Gasteiger partial charge in [-0.2, -0.15) is 0 Å². The lowest BCUT2D eigenvalue weighted by Crippen LogP contribution is -2.13. The van der Waals surface area contributed by atoms with Crippen LogP contribution in [-0.2, 0) is 0 Å². The Morgan fingerprint density at radius 3 is 3.11 bits per heavy atom. The molecule has 1 atom stereocenters. The maximum atomic E-state index is 8.67. The minimum atomic E-state index is -0.771. The summed E-state index contributed by atoms with van der Waals surface area (Å²) in [5.41, 5.74) is 1.69. The molecule has 49 valence electrons. The van der Waals surface area contributed by atoms with Crippen molar-refractivity contribution >= 4 is 17.2 Å². The van der Waals surface area contributed by atoms with Gasteiger partial charge in [0.1, 0.15) is 12.0 Å². The zero-order chi connectivity index (χ0) is 6.69. The lowest BCUT2D eigenvalue weighted by atomic mass is 10.6. The zero-order valence-corrected chi connectivity index (χ0v) is 5.56. The van der Waals surface area contributed by atoms with Gasteiger partial charge in [-0.3, -0.25) is 0 Å². The average Bonchev–Trinajstić information content (AvgIpc) is 2.15. The number of rotatable bonds is 2. The van der Waals surface area contributed by atoms with Crippen molar-refractivity contribution in [2.45, 2.75) is 6.23 Å². The molecule has 9 heavy (non-hydrogen) atoms. The molecule has 1 aromatic rings. The van der Waals surface area contributed by atoms with Crippen LogP contribution in [0.1, 0.15) is 0 Å². The Morgan fingerprint density at radius 1 is 1.89 bits per heavy atom. The molecule has 1 unspecified atom stereocenters. The second-order valence-corrected chi connectivity index (χ2v) is 2.25. The van der Waals surface area contributed by atoms with E-state index in [1.165, 1.54) is 11.3 Å². The maximum absolute atomic E-state index is 8.67. The van der Waals surface area contributed by atoms with E-state index < -0.39 is 6.23 Å². The number of aromatic nitrogens is 1. The highest BCUT2D eigenvalue weighted by atomic mass is 32.1. The monoisotopic (exact) mass is 143 g/mol. The summed E-state index contributed by atoms with van der Waals surface area (Å²) in [7, 11) is 0. The van der Waals surface area contributed by atoms with Gasteiger partial charge in [-0.1, -0.05) is 0 Å². The van der Waals surface area contributed by atoms with Crippen LogP contribution in [0.15, 0.2) is 10.9 Å². The molecular weight excluding hydrogens is 136 g/mol. The Bertz CT molecular complexity index is 161. The van der Waals surface area contributed by atoms with Gasteiger partial charge < -0.3 is 10.4 Å². The summed E-state index contributed by atoms with van der Waals surface area (Å²) in [6.07, 6.45) is -0.771. The summed E-state index contributed by atoms with van der Waals surface area (Å²) in [4.78, 5) is 3.86. The van der Waals surface area contributed by atoms with Crippen molar-refractivity contribution in [2.24, 2.45) is 0 Å². The number of thiazole rings is 1. The topological polar surface area (TPSA) is 45.1 Å². The minimum Gasteiger partial charge on any atom is -0.374 e. The van der Waals surface area contributed by atoms with Gasteiger partial charge >= 0.3 is 0 Å². The molecule has 0 fully saturated rings. The van der Waals surface area contributed by atoms with Gasteiger partial charge in [-0.25, -0.2) is 4.98 Å². The predicted molar refractivity (Wildman–Crippen MR) is 37.1 cm³/mol. The van der Waals surface area contributed by atoms with E-state index in [0.29, 0.717) is 5.82 Å². The number of hydrogen-bond acceptors (Lipinski definition) is 4. The van der Waals surface area contributed by atoms with Crippen molar-refractivity contribution in [3.63, 3.8) is 0 Å². The molecule has 1 rings (SSSR count). The average molecular weight is 143 g/mol. The summed E-state index contributed by atoms with van der Waals surface area (Å²) >= 11 is 1.47. The SMILES string of the molecule is [CH2]C(O)Nc1cscn1. The molecule has 1 aromatic heterocycles. The molecule has 4 heteroatoms. The summed E-state index contributed by atoms with van der Waals surface area (Å²) in [5, 5.41) is 13.1. The third-order valence-corrected chi connectivity index (χ3v) is 1.33. The molecule has 0 aliphatic rings. The fourth-order valence-corrected chi connectivity index (χ4v) is 0.948. The van der Waals surface area contributed by atoms with Gasteiger partial charge in [0.05, 0.1) is 5.51 Å². The number of nitrogens with zero attached hydrogens (tertiary/aromatic N) is 1. The molecule has 0 amide bonds. The number of aliphatic hydroxyl groups is 1. The lowest BCUT2D eigenvalue weighted by Gasteiger charge is -2.02. The molecule has 0 aliphatic carbocycles. The number of nitrogens with one attached hydrogen (secondary N) is 1. The van der Waals surface area contributed by atoms with Gasteiger partial charge in [-0.15, -0.1) is 11.3 Å². The molecular formula is C5H7N2OS. The second-order valence-electron chi connectivity index (χ2n) is 1.53. The van der Waals surface area contributed by atoms with Gasteiger partial charge in [0, 0.05) is 5.38 Å². The highest BCUT2D eigenvalue weighted by molar-refractivity contribution is 7.07. The molecule has 0 aliphatic heterocycles. The van der Waals surface area contributed by atoms with E-state index in [4.69, 9.17) is 5.11 Å². The highest BCUT2D eigenvalue weighted by Crippen LogP contribution is 2.06. The van der Waals surface area contributed by atoms with E-state index >= 15 is 0 Å². The first kappa shape index (κ1) is 6.51. The van der Waals surface area contributed by atoms with Crippen LogP contribution in [0.25, 0.3) is 0 Å². The zero-order valence-electron chi connectivity index (χ0n) is 4.74. The van der Waals surface area contributed by atoms with Gasteiger partial charge in [0.15, 0.2) is 0 Å². The molecule has 3 nitrogen and oxygen atoms in total. The molecule has 0 aromatic carbocycles. The van der Waals surface area contributed by atoms with Gasteiger partial charge in [0.2, 0.25) is 0 Å². The minimum absolute atomic E-state index is 0.669. The molecule has 1 heterocycles. The smallest absolute Gasteiger partial charge is 0.138 e. The fraction of sp³-hybridized carbons (Fsp3) is 0.200. The maximum Gasteiger partial charge on any atom is 0.138 e. The third-order valence-electron chi connectivity index (χ3n) is 0.747. The molecule has 0 saturated carbocycles. The quantitative estimate of drug-likeness (QED) is 0.599. The second kappa shape index (κ2) is 2.80. The highest BCUT2D eigenvalue weighted by Gasteiger charge is 1.95. The van der Waals surface area contributed by atoms with Crippen molar-refractivity contribution < 1.29 is 5.11 Å². The summed E-state index contributed by atoms with van der Waals surface area (Å²) in [6, 6.07) is 0. The van der Waals surface area contributed by atoms with Crippen molar-refractivity contribution in [3.05, 3.63) is 17.8 Å². The van der Waals surface area contributed by atoms with Crippen LogP contribution in [0, 0.1) is 6.92 Å². The number of aliphatic hydroxyl groups excluding tert-OH is 1. The van der Waals surface area contributed by atoms with Gasteiger partial charge in [-0.05, 0) is 6.92 Å². The Kier molecular flexibility index (Phi) is 2.02. The van der Waals surface area contributed by atoms with E-state index in [0.717, 1.165) is 0 Å². The van der Waals surface area contributed by atoms with Crippen molar-refractivity contribution in [2.75, 3.05) is 5.32 Å². The van der Waals surface area contributed by atoms with Gasteiger partial charge in [0.25, 0.3) is 0 Å². The van der Waals surface area contributed by atoms with E-state index in [-0.39, 0.29) is 0 Å². The normalized spacial score (nSPS) is 13.1. The first-order valence-electron chi connectivity index (χ1n) is 2.45. The number of hydrogen-bond donors (Lipinski definition) is 2. The molecule has 1 radical (unpaired) electrons. The Hall–Kier alpha value is -0.610. The van der Waals surface area contributed by atoms with Crippen LogP contribution in [0.4, 0.5) is 5.82 Å². The fourth-order valence-electron chi connectivity index (χ4n) is 0.455. The molecule has 0 saturated heterocycles. The van der Waals surface area contributed by atoms with Crippen LogP contribution >= 0.6 is 11.3 Å². The van der Waals surface area contributed by atoms with E-state index in [9.17, 15) is 0 Å².